The van der Waals surface area contributed by atoms with Gasteiger partial charge in [-0.2, -0.15) is 4.31 Å². The van der Waals surface area contributed by atoms with Crippen molar-refractivity contribution in [1.82, 2.24) is 14.5 Å². The van der Waals surface area contributed by atoms with E-state index < -0.39 is 10.0 Å². The molecule has 1 saturated heterocycles. The van der Waals surface area contributed by atoms with Crippen LogP contribution >= 0.6 is 0 Å². The molecule has 1 heterocycles. The summed E-state index contributed by atoms with van der Waals surface area (Å²) < 4.78 is 26.7. The number of carbonyl (C=O) groups excluding carboxylic acids is 1. The third-order valence-corrected chi connectivity index (χ3v) is 8.44. The summed E-state index contributed by atoms with van der Waals surface area (Å²) in [6.45, 7) is 7.25. The number of hydrogen-bond donors (Lipinski definition) is 1. The molecule has 1 aliphatic heterocycles. The Morgan fingerprint density at radius 1 is 1.07 bits per heavy atom. The standard InChI is InChI=1S/C22H35N3O3S/c1-3-4-17-29(27,28)25-15-13-24(14-16-25)22(11-5-6-12-22)18-23-21(26)20-9-7-19(2)8-10-20/h7-10H,3-6,11-18H2,1-2H3,(H,23,26). The van der Waals surface area contributed by atoms with Crippen LogP contribution in [-0.2, 0) is 10.0 Å². The highest BCUT2D eigenvalue weighted by Gasteiger charge is 2.42. The van der Waals surface area contributed by atoms with Crippen molar-refractivity contribution in [1.29, 1.82) is 0 Å². The largest absolute Gasteiger partial charge is 0.350 e. The van der Waals surface area contributed by atoms with Gasteiger partial charge in [-0.1, -0.05) is 43.9 Å². The second kappa shape index (κ2) is 9.58. The second-order valence-corrected chi connectivity index (χ2v) is 10.6. The van der Waals surface area contributed by atoms with Crippen molar-refractivity contribution in [2.75, 3.05) is 38.5 Å². The van der Waals surface area contributed by atoms with Crippen molar-refractivity contribution in [3.05, 3.63) is 35.4 Å². The normalized spacial score (nSPS) is 20.6. The van der Waals surface area contributed by atoms with Crippen LogP contribution < -0.4 is 5.32 Å². The Bertz CT molecular complexity index is 778. The SMILES string of the molecule is CCCCS(=O)(=O)N1CCN(C2(CNC(=O)c3ccc(C)cc3)CCCC2)CC1. The van der Waals surface area contributed by atoms with Crippen LogP contribution in [0.4, 0.5) is 0 Å². The topological polar surface area (TPSA) is 69.7 Å². The minimum absolute atomic E-state index is 0.0305. The molecule has 6 nitrogen and oxygen atoms in total. The Labute approximate surface area is 175 Å². The lowest BCUT2D eigenvalue weighted by Gasteiger charge is -2.45. The maximum Gasteiger partial charge on any atom is 0.251 e. The number of benzene rings is 1. The number of rotatable bonds is 8. The first kappa shape index (κ1) is 22.2. The van der Waals surface area contributed by atoms with Crippen molar-refractivity contribution >= 4 is 15.9 Å². The molecule has 29 heavy (non-hydrogen) atoms. The van der Waals surface area contributed by atoms with Gasteiger partial charge in [0.1, 0.15) is 0 Å². The van der Waals surface area contributed by atoms with Crippen molar-refractivity contribution in [2.24, 2.45) is 0 Å². The summed E-state index contributed by atoms with van der Waals surface area (Å²) in [7, 11) is -3.14. The summed E-state index contributed by atoms with van der Waals surface area (Å²) in [5.74, 6) is 0.221. The number of piperazine rings is 1. The van der Waals surface area contributed by atoms with Crippen molar-refractivity contribution in [2.45, 2.75) is 57.9 Å². The van der Waals surface area contributed by atoms with E-state index in [4.69, 9.17) is 0 Å². The van der Waals surface area contributed by atoms with Crippen LogP contribution in [0.3, 0.4) is 0 Å². The molecular formula is C22H35N3O3S. The number of hydrogen-bond acceptors (Lipinski definition) is 4. The zero-order valence-corrected chi connectivity index (χ0v) is 18.6. The molecule has 1 amide bonds. The number of nitrogens with one attached hydrogen (secondary N) is 1. The summed E-state index contributed by atoms with van der Waals surface area (Å²) in [5, 5.41) is 3.16. The Kier molecular flexibility index (Phi) is 7.35. The molecule has 1 aromatic rings. The van der Waals surface area contributed by atoms with E-state index in [2.05, 4.69) is 10.2 Å². The molecule has 0 unspecified atom stereocenters. The maximum absolute atomic E-state index is 12.6. The Morgan fingerprint density at radius 2 is 1.69 bits per heavy atom. The summed E-state index contributed by atoms with van der Waals surface area (Å²) in [6, 6.07) is 7.65. The van der Waals surface area contributed by atoms with E-state index in [9.17, 15) is 13.2 Å². The molecule has 0 radical (unpaired) electrons. The monoisotopic (exact) mass is 421 g/mol. The van der Waals surface area contributed by atoms with Crippen LogP contribution in [0.2, 0.25) is 0 Å². The fourth-order valence-electron chi connectivity index (χ4n) is 4.59. The van der Waals surface area contributed by atoms with E-state index in [-0.39, 0.29) is 17.2 Å². The van der Waals surface area contributed by atoms with Gasteiger partial charge in [0.05, 0.1) is 5.75 Å². The Balaban J connectivity index is 1.60. The summed E-state index contributed by atoms with van der Waals surface area (Å²) in [5.41, 5.74) is 1.79. The minimum atomic E-state index is -3.14. The number of unbranched alkanes of at least 4 members (excludes halogenated alkanes) is 1. The number of amides is 1. The van der Waals surface area contributed by atoms with Gasteiger partial charge >= 0.3 is 0 Å². The van der Waals surface area contributed by atoms with Gasteiger partial charge in [0, 0.05) is 43.8 Å². The van der Waals surface area contributed by atoms with Crippen LogP contribution in [0.15, 0.2) is 24.3 Å². The Morgan fingerprint density at radius 3 is 2.28 bits per heavy atom. The van der Waals surface area contributed by atoms with Gasteiger partial charge < -0.3 is 5.32 Å². The molecule has 1 aliphatic carbocycles. The lowest BCUT2D eigenvalue weighted by Crippen LogP contribution is -2.60. The predicted octanol–water partition coefficient (Wildman–Crippen LogP) is 2.79. The number of nitrogens with zero attached hydrogens (tertiary/aromatic N) is 2. The molecule has 3 rings (SSSR count). The smallest absolute Gasteiger partial charge is 0.251 e. The highest BCUT2D eigenvalue weighted by Crippen LogP contribution is 2.35. The van der Waals surface area contributed by atoms with Crippen LogP contribution in [0.1, 0.15) is 61.4 Å². The van der Waals surface area contributed by atoms with E-state index >= 15 is 0 Å². The zero-order valence-electron chi connectivity index (χ0n) is 17.8. The van der Waals surface area contributed by atoms with Gasteiger partial charge in [0.2, 0.25) is 10.0 Å². The van der Waals surface area contributed by atoms with E-state index in [0.29, 0.717) is 25.2 Å². The molecule has 2 aliphatic rings. The fraction of sp³-hybridized carbons (Fsp3) is 0.682. The third kappa shape index (κ3) is 5.38. The molecule has 1 aromatic carbocycles. The summed E-state index contributed by atoms with van der Waals surface area (Å²) in [4.78, 5) is 15.0. The predicted molar refractivity (Wildman–Crippen MR) is 117 cm³/mol. The second-order valence-electron chi connectivity index (χ2n) is 8.54. The highest BCUT2D eigenvalue weighted by atomic mass is 32.2. The molecule has 1 N–H and O–H groups in total. The van der Waals surface area contributed by atoms with Gasteiger partial charge in [-0.05, 0) is 38.3 Å². The molecule has 162 valence electrons. The van der Waals surface area contributed by atoms with Gasteiger partial charge in [-0.3, -0.25) is 9.69 Å². The van der Waals surface area contributed by atoms with Gasteiger partial charge in [0.25, 0.3) is 5.91 Å². The molecule has 2 fully saturated rings. The van der Waals surface area contributed by atoms with E-state index in [1.807, 2.05) is 38.1 Å². The van der Waals surface area contributed by atoms with Gasteiger partial charge in [-0.25, -0.2) is 8.42 Å². The van der Waals surface area contributed by atoms with Crippen molar-refractivity contribution in [3.8, 4) is 0 Å². The lowest BCUT2D eigenvalue weighted by molar-refractivity contribution is 0.0540. The minimum Gasteiger partial charge on any atom is -0.350 e. The summed E-state index contributed by atoms with van der Waals surface area (Å²) in [6.07, 6.45) is 6.05. The Hall–Kier alpha value is -1.44. The summed E-state index contributed by atoms with van der Waals surface area (Å²) >= 11 is 0. The fourth-order valence-corrected chi connectivity index (χ4v) is 6.22. The molecular weight excluding hydrogens is 386 g/mol. The number of aryl methyl sites for hydroxylation is 1. The molecule has 1 saturated carbocycles. The lowest BCUT2D eigenvalue weighted by atomic mass is 9.93. The quantitative estimate of drug-likeness (QED) is 0.701. The van der Waals surface area contributed by atoms with Gasteiger partial charge in [0.15, 0.2) is 0 Å². The number of sulfonamides is 1. The van der Waals surface area contributed by atoms with E-state index in [1.165, 1.54) is 0 Å². The molecule has 0 spiro atoms. The van der Waals surface area contributed by atoms with Crippen LogP contribution in [-0.4, -0.2) is 67.5 Å². The molecule has 0 aromatic heterocycles. The van der Waals surface area contributed by atoms with Crippen LogP contribution in [0, 0.1) is 6.92 Å². The zero-order chi connectivity index (χ0) is 20.9. The van der Waals surface area contributed by atoms with Crippen molar-refractivity contribution < 1.29 is 13.2 Å². The van der Waals surface area contributed by atoms with Gasteiger partial charge in [-0.15, -0.1) is 0 Å². The first-order valence-electron chi connectivity index (χ1n) is 10.9. The van der Waals surface area contributed by atoms with E-state index in [1.54, 1.807) is 4.31 Å². The van der Waals surface area contributed by atoms with E-state index in [0.717, 1.165) is 57.2 Å². The average molecular weight is 422 g/mol. The average Bonchev–Trinajstić information content (AvgIpc) is 3.21. The molecule has 7 heteroatoms. The van der Waals surface area contributed by atoms with Crippen LogP contribution in [0.25, 0.3) is 0 Å². The van der Waals surface area contributed by atoms with Crippen molar-refractivity contribution in [3.63, 3.8) is 0 Å². The molecule has 0 bridgehead atoms. The third-order valence-electron chi connectivity index (χ3n) is 6.48. The number of carbonyl (C=O) groups is 1. The maximum atomic E-state index is 12.6. The van der Waals surface area contributed by atoms with Crippen LogP contribution in [0.5, 0.6) is 0 Å². The first-order chi connectivity index (χ1) is 13.9. The molecule has 0 atom stereocenters. The highest BCUT2D eigenvalue weighted by molar-refractivity contribution is 7.89. The first-order valence-corrected chi connectivity index (χ1v) is 12.5.